The van der Waals surface area contributed by atoms with Crippen LogP contribution in [0.1, 0.15) is 0 Å². The van der Waals surface area contributed by atoms with E-state index in [4.69, 9.17) is 29.2 Å². The largest absolute Gasteiger partial charge is 0.453 e. The zero-order valence-corrected chi connectivity index (χ0v) is 35.2. The van der Waals surface area contributed by atoms with Gasteiger partial charge in [0.25, 0.3) is 0 Å². The Labute approximate surface area is 380 Å². The Morgan fingerprint density at radius 3 is 0.818 bits per heavy atom. The van der Waals surface area contributed by atoms with E-state index < -0.39 is 0 Å². The van der Waals surface area contributed by atoms with E-state index in [0.717, 1.165) is 102 Å². The van der Waals surface area contributed by atoms with Gasteiger partial charge < -0.3 is 24.0 Å². The van der Waals surface area contributed by atoms with Crippen molar-refractivity contribution in [3.8, 4) is 68.7 Å². The van der Waals surface area contributed by atoms with Gasteiger partial charge in [0.15, 0.2) is 52.0 Å². The van der Waals surface area contributed by atoms with E-state index in [0.29, 0.717) is 17.5 Å². The fraction of sp³-hybridized carbons (Fsp3) is 0. The molecule has 0 radical (unpaired) electrons. The lowest BCUT2D eigenvalue weighted by atomic mass is 10.0. The molecular weight excluding hydrogens is 817 g/mol. The maximum atomic E-state index is 6.69. The van der Waals surface area contributed by atoms with Gasteiger partial charge >= 0.3 is 0 Å². The maximum absolute atomic E-state index is 6.69. The van der Waals surface area contributed by atoms with Crippen molar-refractivity contribution >= 4 is 51.2 Å². The minimum Gasteiger partial charge on any atom is -0.453 e. The fourth-order valence-electron chi connectivity index (χ4n) is 9.11. The lowest BCUT2D eigenvalue weighted by Crippen LogP contribution is -2.25. The van der Waals surface area contributed by atoms with Gasteiger partial charge in [-0.15, -0.1) is 0 Å². The lowest BCUT2D eigenvalue weighted by molar-refractivity contribution is 0.475. The number of fused-ring (bicyclic) bond motifs is 6. The van der Waals surface area contributed by atoms with Crippen molar-refractivity contribution in [2.75, 3.05) is 14.7 Å². The molecule has 0 amide bonds. The first-order chi connectivity index (χ1) is 32.7. The summed E-state index contributed by atoms with van der Waals surface area (Å²) in [6, 6.07) is 73.6. The highest BCUT2D eigenvalue weighted by Crippen LogP contribution is 2.62. The van der Waals surface area contributed by atoms with Gasteiger partial charge in [-0.05, 0) is 84.9 Å². The molecule has 9 heteroatoms. The molecule has 0 N–H and O–H groups in total. The molecule has 312 valence electrons. The second-order valence-electron chi connectivity index (χ2n) is 16.0. The van der Waals surface area contributed by atoms with Crippen LogP contribution in [0.4, 0.5) is 51.2 Å². The molecule has 3 aliphatic rings. The van der Waals surface area contributed by atoms with Gasteiger partial charge in [-0.25, -0.2) is 15.0 Å². The summed E-state index contributed by atoms with van der Waals surface area (Å²) in [4.78, 5) is 22.6. The van der Waals surface area contributed by atoms with Crippen LogP contribution in [0.2, 0.25) is 0 Å². The van der Waals surface area contributed by atoms with Crippen LogP contribution in [0.15, 0.2) is 218 Å². The summed E-state index contributed by atoms with van der Waals surface area (Å²) in [5.41, 5.74) is 10.2. The number of rotatable bonds is 6. The zero-order valence-electron chi connectivity index (χ0n) is 35.2. The highest BCUT2D eigenvalue weighted by Gasteiger charge is 2.38. The first kappa shape index (κ1) is 37.4. The molecule has 9 nitrogen and oxygen atoms in total. The Hall–Kier alpha value is -9.21. The van der Waals surface area contributed by atoms with E-state index in [-0.39, 0.29) is 0 Å². The Kier molecular flexibility index (Phi) is 8.63. The number of aromatic nitrogens is 3. The SMILES string of the molecule is c1ccc(-c2nc(-c3ccccc3)nc(-c3cc(N4c5ccccc5Oc5ccccc54)c(N4c5ccccc5Oc5ccccc54)c(N4c5ccccc5Oc5ccccc54)c3)n2)cc1. The monoisotopic (exact) mass is 852 g/mol. The van der Waals surface area contributed by atoms with Crippen molar-refractivity contribution < 1.29 is 14.2 Å². The van der Waals surface area contributed by atoms with Crippen LogP contribution in [-0.2, 0) is 0 Å². The van der Waals surface area contributed by atoms with Crippen molar-refractivity contribution in [1.82, 2.24) is 15.0 Å². The highest BCUT2D eigenvalue weighted by atomic mass is 16.5. The van der Waals surface area contributed by atoms with Gasteiger partial charge in [0.1, 0.15) is 0 Å². The molecule has 4 heterocycles. The minimum atomic E-state index is 0.504. The van der Waals surface area contributed by atoms with E-state index >= 15 is 0 Å². The number of anilines is 9. The Morgan fingerprint density at radius 1 is 0.242 bits per heavy atom. The van der Waals surface area contributed by atoms with Crippen LogP contribution in [0.3, 0.4) is 0 Å². The summed E-state index contributed by atoms with van der Waals surface area (Å²) in [7, 11) is 0. The number of ether oxygens (including phenoxy) is 3. The summed E-state index contributed by atoms with van der Waals surface area (Å²) in [5, 5.41) is 0. The van der Waals surface area contributed by atoms with Gasteiger partial charge in [0.2, 0.25) is 0 Å². The molecule has 1 aromatic heterocycles. The van der Waals surface area contributed by atoms with Gasteiger partial charge in [-0.1, -0.05) is 133 Å². The van der Waals surface area contributed by atoms with E-state index in [2.05, 4.69) is 75.4 Å². The molecule has 0 fully saturated rings. The predicted octanol–water partition coefficient (Wildman–Crippen LogP) is 15.6. The molecule has 0 unspecified atom stereocenters. The van der Waals surface area contributed by atoms with E-state index in [1.165, 1.54) is 0 Å². The minimum absolute atomic E-state index is 0.504. The summed E-state index contributed by atoms with van der Waals surface area (Å²) in [6.45, 7) is 0. The quantitative estimate of drug-likeness (QED) is 0.162. The fourth-order valence-corrected chi connectivity index (χ4v) is 9.11. The standard InChI is InChI=1S/C57H36N6O3/c1-3-19-37(20-4-1)55-58-56(38-21-5-2-6-22-38)60-57(59-55)39-35-46(61-40-23-7-13-29-48(40)64-49-30-14-8-24-41(49)61)54(63-44-27-11-17-33-52(44)66-53-34-18-12-28-45(53)63)47(36-39)62-42-25-9-15-31-50(42)65-51-32-16-10-26-43(51)62/h1-36H. The normalized spacial score (nSPS) is 12.8. The summed E-state index contributed by atoms with van der Waals surface area (Å²) in [5.74, 6) is 5.95. The second-order valence-corrected chi connectivity index (χ2v) is 16.0. The molecule has 0 bridgehead atoms. The molecule has 66 heavy (non-hydrogen) atoms. The summed E-state index contributed by atoms with van der Waals surface area (Å²) >= 11 is 0. The average molecular weight is 853 g/mol. The van der Waals surface area contributed by atoms with Crippen LogP contribution < -0.4 is 28.9 Å². The van der Waals surface area contributed by atoms with Gasteiger partial charge in [0.05, 0.1) is 51.2 Å². The molecule has 10 aromatic rings. The van der Waals surface area contributed by atoms with Crippen molar-refractivity contribution in [3.63, 3.8) is 0 Å². The number of hydrogen-bond donors (Lipinski definition) is 0. The lowest BCUT2D eigenvalue weighted by Gasteiger charge is -2.42. The number of benzene rings is 9. The molecule has 0 saturated carbocycles. The van der Waals surface area contributed by atoms with Crippen LogP contribution in [-0.4, -0.2) is 15.0 Å². The summed E-state index contributed by atoms with van der Waals surface area (Å²) < 4.78 is 20.0. The molecule has 0 aliphatic carbocycles. The van der Waals surface area contributed by atoms with Crippen LogP contribution in [0.5, 0.6) is 34.5 Å². The molecular formula is C57H36N6O3. The summed E-state index contributed by atoms with van der Waals surface area (Å²) in [6.07, 6.45) is 0. The molecule has 3 aliphatic heterocycles. The van der Waals surface area contributed by atoms with Crippen molar-refractivity contribution in [2.45, 2.75) is 0 Å². The third-order valence-electron chi connectivity index (χ3n) is 12.0. The third kappa shape index (κ3) is 6.13. The van der Waals surface area contributed by atoms with Gasteiger partial charge in [0, 0.05) is 16.7 Å². The maximum Gasteiger partial charge on any atom is 0.164 e. The van der Waals surface area contributed by atoms with Crippen molar-refractivity contribution in [1.29, 1.82) is 0 Å². The van der Waals surface area contributed by atoms with E-state index in [1.807, 2.05) is 158 Å². The van der Waals surface area contributed by atoms with E-state index in [1.54, 1.807) is 0 Å². The first-order valence-corrected chi connectivity index (χ1v) is 21.8. The first-order valence-electron chi connectivity index (χ1n) is 21.8. The Morgan fingerprint density at radius 2 is 0.500 bits per heavy atom. The molecule has 0 saturated heterocycles. The number of nitrogens with zero attached hydrogens (tertiary/aromatic N) is 6. The van der Waals surface area contributed by atoms with Crippen LogP contribution in [0.25, 0.3) is 34.2 Å². The van der Waals surface area contributed by atoms with Crippen molar-refractivity contribution in [2.24, 2.45) is 0 Å². The second kappa shape index (κ2) is 15.3. The zero-order chi connectivity index (χ0) is 43.6. The predicted molar refractivity (Wildman–Crippen MR) is 260 cm³/mol. The van der Waals surface area contributed by atoms with Crippen molar-refractivity contribution in [3.05, 3.63) is 218 Å². The molecule has 0 spiro atoms. The number of para-hydroxylation sites is 12. The molecule has 0 atom stereocenters. The Bertz CT molecular complexity index is 3200. The number of hydrogen-bond acceptors (Lipinski definition) is 9. The molecule has 13 rings (SSSR count). The van der Waals surface area contributed by atoms with E-state index in [9.17, 15) is 0 Å². The van der Waals surface area contributed by atoms with Crippen LogP contribution >= 0.6 is 0 Å². The Balaban J connectivity index is 1.20. The topological polar surface area (TPSA) is 76.1 Å². The average Bonchev–Trinajstić information content (AvgIpc) is 3.39. The third-order valence-corrected chi connectivity index (χ3v) is 12.0. The smallest absolute Gasteiger partial charge is 0.164 e. The van der Waals surface area contributed by atoms with Gasteiger partial charge in [-0.3, -0.25) is 4.90 Å². The molecule has 9 aromatic carbocycles. The highest BCUT2D eigenvalue weighted by molar-refractivity contribution is 6.07. The van der Waals surface area contributed by atoms with Crippen LogP contribution in [0, 0.1) is 0 Å². The van der Waals surface area contributed by atoms with Gasteiger partial charge in [-0.2, -0.15) is 0 Å².